The second kappa shape index (κ2) is 7.35. The summed E-state index contributed by atoms with van der Waals surface area (Å²) in [5.74, 6) is -0.414. The molecule has 0 spiro atoms. The Kier molecular flexibility index (Phi) is 5.47. The molecule has 0 unspecified atom stereocenters. The molecule has 0 aromatic heterocycles. The van der Waals surface area contributed by atoms with E-state index in [1.807, 2.05) is 6.92 Å². The number of anilines is 1. The zero-order valence-electron chi connectivity index (χ0n) is 12.2. The first-order chi connectivity index (χ1) is 10.9. The van der Waals surface area contributed by atoms with E-state index >= 15 is 0 Å². The number of nitrogens with one attached hydrogen (secondary N) is 1. The number of amides is 2. The predicted octanol–water partition coefficient (Wildman–Crippen LogP) is 3.42. The van der Waals surface area contributed by atoms with E-state index in [-0.39, 0.29) is 23.1 Å². The van der Waals surface area contributed by atoms with Crippen molar-refractivity contribution in [2.45, 2.75) is 6.92 Å². The molecule has 0 saturated heterocycles. The quantitative estimate of drug-likeness (QED) is 0.864. The highest BCUT2D eigenvalue weighted by Gasteiger charge is 2.10. The summed E-state index contributed by atoms with van der Waals surface area (Å²) in [5.41, 5.74) is 6.63. The molecule has 7 heteroatoms. The number of aryl methyl sites for hydroxylation is 1. The Morgan fingerprint density at radius 3 is 2.52 bits per heavy atom. The van der Waals surface area contributed by atoms with Crippen molar-refractivity contribution in [1.82, 2.24) is 0 Å². The van der Waals surface area contributed by atoms with Gasteiger partial charge in [0, 0.05) is 10.7 Å². The van der Waals surface area contributed by atoms with Crippen LogP contribution in [0, 0.1) is 6.92 Å². The number of carbonyl (C=O) groups excluding carboxylic acids is 2. The van der Waals surface area contributed by atoms with Gasteiger partial charge in [-0.15, -0.1) is 0 Å². The highest BCUT2D eigenvalue weighted by molar-refractivity contribution is 6.34. The van der Waals surface area contributed by atoms with Crippen LogP contribution in [0.2, 0.25) is 10.0 Å². The van der Waals surface area contributed by atoms with Crippen LogP contribution in [-0.2, 0) is 4.79 Å². The molecule has 2 aromatic carbocycles. The summed E-state index contributed by atoms with van der Waals surface area (Å²) in [5, 5.41) is 3.39. The fraction of sp³-hybridized carbons (Fsp3) is 0.125. The average Bonchev–Trinajstić information content (AvgIpc) is 2.46. The van der Waals surface area contributed by atoms with Gasteiger partial charge in [-0.3, -0.25) is 9.59 Å². The fourth-order valence-corrected chi connectivity index (χ4v) is 2.41. The molecule has 0 atom stereocenters. The van der Waals surface area contributed by atoms with Gasteiger partial charge >= 0.3 is 0 Å². The third kappa shape index (κ3) is 4.61. The zero-order valence-corrected chi connectivity index (χ0v) is 13.7. The van der Waals surface area contributed by atoms with Crippen LogP contribution in [0.15, 0.2) is 36.4 Å². The number of rotatable bonds is 5. The Morgan fingerprint density at radius 2 is 1.91 bits per heavy atom. The van der Waals surface area contributed by atoms with Gasteiger partial charge in [-0.05, 0) is 48.9 Å². The first-order valence-electron chi connectivity index (χ1n) is 6.65. The molecular formula is C16H14Cl2N2O3. The SMILES string of the molecule is Cc1cc(Cl)ccc1OCC(=O)Nc1ccc(C(N)=O)c(Cl)c1. The van der Waals surface area contributed by atoms with Gasteiger partial charge in [0.25, 0.3) is 5.91 Å². The van der Waals surface area contributed by atoms with Gasteiger partial charge in [-0.25, -0.2) is 0 Å². The highest BCUT2D eigenvalue weighted by atomic mass is 35.5. The lowest BCUT2D eigenvalue weighted by Crippen LogP contribution is -2.20. The number of hydrogen-bond donors (Lipinski definition) is 2. The monoisotopic (exact) mass is 352 g/mol. The topological polar surface area (TPSA) is 81.4 Å². The summed E-state index contributed by atoms with van der Waals surface area (Å²) < 4.78 is 5.44. The minimum Gasteiger partial charge on any atom is -0.483 e. The lowest BCUT2D eigenvalue weighted by Gasteiger charge is -2.10. The van der Waals surface area contributed by atoms with Crippen molar-refractivity contribution in [3.8, 4) is 5.75 Å². The van der Waals surface area contributed by atoms with Crippen molar-refractivity contribution in [3.63, 3.8) is 0 Å². The molecular weight excluding hydrogens is 339 g/mol. The van der Waals surface area contributed by atoms with E-state index in [0.29, 0.717) is 16.5 Å². The summed E-state index contributed by atoms with van der Waals surface area (Å²) >= 11 is 11.8. The molecule has 0 radical (unpaired) electrons. The standard InChI is InChI=1S/C16H14Cl2N2O3/c1-9-6-10(17)2-5-14(9)23-8-15(21)20-11-3-4-12(16(19)22)13(18)7-11/h2-7H,8H2,1H3,(H2,19,22)(H,20,21). The lowest BCUT2D eigenvalue weighted by molar-refractivity contribution is -0.118. The van der Waals surface area contributed by atoms with E-state index in [2.05, 4.69) is 5.32 Å². The van der Waals surface area contributed by atoms with E-state index in [1.165, 1.54) is 18.2 Å². The number of primary amides is 1. The molecule has 0 aliphatic carbocycles. The van der Waals surface area contributed by atoms with Crippen LogP contribution in [0.1, 0.15) is 15.9 Å². The number of ether oxygens (including phenoxy) is 1. The van der Waals surface area contributed by atoms with Crippen LogP contribution in [0.3, 0.4) is 0 Å². The molecule has 0 fully saturated rings. The van der Waals surface area contributed by atoms with Gasteiger partial charge in [-0.2, -0.15) is 0 Å². The number of halogens is 2. The molecule has 0 aliphatic rings. The molecule has 120 valence electrons. The van der Waals surface area contributed by atoms with Crippen LogP contribution < -0.4 is 15.8 Å². The molecule has 2 aromatic rings. The zero-order chi connectivity index (χ0) is 17.0. The maximum absolute atomic E-state index is 11.9. The summed E-state index contributed by atoms with van der Waals surface area (Å²) in [6.45, 7) is 1.67. The Hall–Kier alpha value is -2.24. The average molecular weight is 353 g/mol. The first kappa shape index (κ1) is 17.1. The molecule has 3 N–H and O–H groups in total. The van der Waals surface area contributed by atoms with Crippen molar-refractivity contribution in [2.75, 3.05) is 11.9 Å². The van der Waals surface area contributed by atoms with Gasteiger partial charge in [-0.1, -0.05) is 23.2 Å². The van der Waals surface area contributed by atoms with E-state index in [0.717, 1.165) is 5.56 Å². The summed E-state index contributed by atoms with van der Waals surface area (Å²) in [6.07, 6.45) is 0. The number of nitrogens with two attached hydrogens (primary N) is 1. The van der Waals surface area contributed by atoms with Crippen LogP contribution in [0.25, 0.3) is 0 Å². The smallest absolute Gasteiger partial charge is 0.262 e. The molecule has 0 bridgehead atoms. The molecule has 23 heavy (non-hydrogen) atoms. The van der Waals surface area contributed by atoms with E-state index in [1.54, 1.807) is 18.2 Å². The van der Waals surface area contributed by atoms with Crippen LogP contribution in [0.5, 0.6) is 5.75 Å². The third-order valence-corrected chi connectivity index (χ3v) is 3.56. The van der Waals surface area contributed by atoms with Crippen LogP contribution in [0.4, 0.5) is 5.69 Å². The van der Waals surface area contributed by atoms with Crippen molar-refractivity contribution >= 4 is 40.7 Å². The Bertz CT molecular complexity index is 763. The van der Waals surface area contributed by atoms with Gasteiger partial charge in [0.2, 0.25) is 5.91 Å². The van der Waals surface area contributed by atoms with Crippen LogP contribution >= 0.6 is 23.2 Å². The van der Waals surface area contributed by atoms with Crippen LogP contribution in [-0.4, -0.2) is 18.4 Å². The fourth-order valence-electron chi connectivity index (χ4n) is 1.91. The second-order valence-corrected chi connectivity index (χ2v) is 5.65. The lowest BCUT2D eigenvalue weighted by atomic mass is 10.2. The molecule has 0 heterocycles. The van der Waals surface area contributed by atoms with Crippen molar-refractivity contribution in [2.24, 2.45) is 5.73 Å². The highest BCUT2D eigenvalue weighted by Crippen LogP contribution is 2.22. The molecule has 2 amide bonds. The molecule has 5 nitrogen and oxygen atoms in total. The van der Waals surface area contributed by atoms with E-state index in [9.17, 15) is 9.59 Å². The molecule has 0 aliphatic heterocycles. The Labute approximate surface area is 143 Å². The van der Waals surface area contributed by atoms with Gasteiger partial charge < -0.3 is 15.8 Å². The minimum atomic E-state index is -0.630. The second-order valence-electron chi connectivity index (χ2n) is 4.81. The molecule has 0 saturated carbocycles. The van der Waals surface area contributed by atoms with Crippen molar-refractivity contribution in [1.29, 1.82) is 0 Å². The summed E-state index contributed by atoms with van der Waals surface area (Å²) in [7, 11) is 0. The van der Waals surface area contributed by atoms with Gasteiger partial charge in [0.1, 0.15) is 5.75 Å². The van der Waals surface area contributed by atoms with E-state index in [4.69, 9.17) is 33.7 Å². The van der Waals surface area contributed by atoms with Gasteiger partial charge in [0.05, 0.1) is 10.6 Å². The number of hydrogen-bond acceptors (Lipinski definition) is 3. The maximum Gasteiger partial charge on any atom is 0.262 e. The van der Waals surface area contributed by atoms with Crippen molar-refractivity contribution < 1.29 is 14.3 Å². The normalized spacial score (nSPS) is 10.2. The maximum atomic E-state index is 11.9. The summed E-state index contributed by atoms with van der Waals surface area (Å²) in [4.78, 5) is 23.0. The van der Waals surface area contributed by atoms with Gasteiger partial charge in [0.15, 0.2) is 6.61 Å². The largest absolute Gasteiger partial charge is 0.483 e. The summed E-state index contributed by atoms with van der Waals surface area (Å²) in [6, 6.07) is 9.57. The minimum absolute atomic E-state index is 0.169. The number of carbonyl (C=O) groups is 2. The Balaban J connectivity index is 1.97. The third-order valence-electron chi connectivity index (χ3n) is 3.01. The Morgan fingerprint density at radius 1 is 1.17 bits per heavy atom. The van der Waals surface area contributed by atoms with E-state index < -0.39 is 5.91 Å². The first-order valence-corrected chi connectivity index (χ1v) is 7.40. The number of benzene rings is 2. The predicted molar refractivity (Wildman–Crippen MR) is 90.3 cm³/mol. The van der Waals surface area contributed by atoms with Crippen molar-refractivity contribution in [3.05, 3.63) is 57.6 Å². The molecule has 2 rings (SSSR count).